The fraction of sp³-hybridized carbons (Fsp3) is 0.231. The summed E-state index contributed by atoms with van der Waals surface area (Å²) in [6.45, 7) is 1.65. The quantitative estimate of drug-likeness (QED) is 0.624. The minimum absolute atomic E-state index is 0.0530. The largest absolute Gasteiger partial charge is 0.468 e. The lowest BCUT2D eigenvalue weighted by Gasteiger charge is -2.17. The molecule has 0 unspecified atom stereocenters. The van der Waals surface area contributed by atoms with Gasteiger partial charge in [0.05, 0.1) is 22.6 Å². The first-order valence-corrected chi connectivity index (χ1v) is 7.50. The lowest BCUT2D eigenvalue weighted by molar-refractivity contribution is -0.385. The van der Waals surface area contributed by atoms with Gasteiger partial charge in [0, 0.05) is 19.2 Å². The number of nitrogens with zero attached hydrogens (tertiary/aromatic N) is 2. The fourth-order valence-corrected chi connectivity index (χ4v) is 3.23. The molecule has 2 rings (SSSR count). The molecule has 0 spiro atoms. The topological polar surface area (TPSA) is 93.7 Å². The molecule has 0 amide bonds. The number of hydrogen-bond donors (Lipinski definition) is 0. The highest BCUT2D eigenvalue weighted by molar-refractivity contribution is 7.89. The summed E-state index contributed by atoms with van der Waals surface area (Å²) in [5, 5.41) is 10.8. The highest BCUT2D eigenvalue weighted by Gasteiger charge is 2.25. The molecule has 0 fully saturated rings. The maximum Gasteiger partial charge on any atom is 0.270 e. The van der Waals surface area contributed by atoms with E-state index in [9.17, 15) is 18.5 Å². The van der Waals surface area contributed by atoms with Gasteiger partial charge in [-0.05, 0) is 24.6 Å². The molecule has 0 radical (unpaired) electrons. The highest BCUT2D eigenvalue weighted by Crippen LogP contribution is 2.25. The van der Waals surface area contributed by atoms with Crippen LogP contribution in [0.1, 0.15) is 11.3 Å². The summed E-state index contributed by atoms with van der Waals surface area (Å²) in [4.78, 5) is 10.1. The van der Waals surface area contributed by atoms with Crippen molar-refractivity contribution >= 4 is 15.7 Å². The fourth-order valence-electron chi connectivity index (χ4n) is 1.86. The molecular weight excluding hydrogens is 296 g/mol. The summed E-state index contributed by atoms with van der Waals surface area (Å²) in [6, 6.07) is 7.09. The summed E-state index contributed by atoms with van der Waals surface area (Å²) in [6.07, 6.45) is 1.45. The third-order valence-corrected chi connectivity index (χ3v) is 4.97. The Morgan fingerprint density at radius 3 is 2.62 bits per heavy atom. The zero-order chi connectivity index (χ0) is 15.6. The number of furan rings is 1. The van der Waals surface area contributed by atoms with E-state index in [1.165, 1.54) is 25.4 Å². The van der Waals surface area contributed by atoms with E-state index < -0.39 is 14.9 Å². The van der Waals surface area contributed by atoms with Crippen LogP contribution in [0.3, 0.4) is 0 Å². The van der Waals surface area contributed by atoms with Crippen molar-refractivity contribution in [3.63, 3.8) is 0 Å². The summed E-state index contributed by atoms with van der Waals surface area (Å²) in [5.41, 5.74) is 0.192. The Morgan fingerprint density at radius 2 is 2.05 bits per heavy atom. The van der Waals surface area contributed by atoms with Gasteiger partial charge in [-0.2, -0.15) is 4.31 Å². The SMILES string of the molecule is Cc1ccc([N+](=O)[O-])cc1S(=O)(=O)N(C)Cc1ccco1. The molecule has 0 aliphatic rings. The Kier molecular flexibility index (Phi) is 4.10. The Hall–Kier alpha value is -2.19. The number of nitro benzene ring substituents is 1. The summed E-state index contributed by atoms with van der Waals surface area (Å²) in [5.74, 6) is 0.490. The van der Waals surface area contributed by atoms with Crippen molar-refractivity contribution in [3.8, 4) is 0 Å². The number of aryl methyl sites for hydroxylation is 1. The number of rotatable bonds is 5. The van der Waals surface area contributed by atoms with Crippen LogP contribution in [0.15, 0.2) is 45.9 Å². The van der Waals surface area contributed by atoms with Gasteiger partial charge in [0.2, 0.25) is 10.0 Å². The Balaban J connectivity index is 2.38. The van der Waals surface area contributed by atoms with E-state index in [0.717, 1.165) is 10.4 Å². The molecule has 2 aromatic rings. The smallest absolute Gasteiger partial charge is 0.270 e. The Morgan fingerprint density at radius 1 is 1.33 bits per heavy atom. The van der Waals surface area contributed by atoms with Crippen LogP contribution < -0.4 is 0 Å². The van der Waals surface area contributed by atoms with E-state index in [1.807, 2.05) is 0 Å². The average molecular weight is 310 g/mol. The maximum absolute atomic E-state index is 12.5. The van der Waals surface area contributed by atoms with E-state index in [4.69, 9.17) is 4.42 Å². The monoisotopic (exact) mass is 310 g/mol. The molecule has 0 atom stereocenters. The second-order valence-corrected chi connectivity index (χ2v) is 6.56. The third-order valence-electron chi connectivity index (χ3n) is 3.03. The predicted octanol–water partition coefficient (Wildman–Crippen LogP) is 2.32. The molecule has 1 aromatic carbocycles. The van der Waals surface area contributed by atoms with E-state index in [2.05, 4.69) is 0 Å². The Labute approximate surface area is 122 Å². The number of non-ortho nitro benzene ring substituents is 1. The van der Waals surface area contributed by atoms with Crippen molar-refractivity contribution < 1.29 is 17.8 Å². The summed E-state index contributed by atoms with van der Waals surface area (Å²) >= 11 is 0. The van der Waals surface area contributed by atoms with Gasteiger partial charge < -0.3 is 4.42 Å². The van der Waals surface area contributed by atoms with Crippen LogP contribution >= 0.6 is 0 Å². The first kappa shape index (κ1) is 15.2. The van der Waals surface area contributed by atoms with Crippen molar-refractivity contribution in [2.24, 2.45) is 0 Å². The van der Waals surface area contributed by atoms with Crippen molar-refractivity contribution in [2.45, 2.75) is 18.4 Å². The molecule has 0 saturated heterocycles. The normalized spacial score (nSPS) is 11.8. The van der Waals surface area contributed by atoms with Gasteiger partial charge in [0.15, 0.2) is 0 Å². The van der Waals surface area contributed by atoms with Gasteiger partial charge in [-0.1, -0.05) is 6.07 Å². The van der Waals surface area contributed by atoms with E-state index in [0.29, 0.717) is 11.3 Å². The van der Waals surface area contributed by atoms with Crippen molar-refractivity contribution in [3.05, 3.63) is 58.0 Å². The van der Waals surface area contributed by atoms with Crippen LogP contribution in [0.2, 0.25) is 0 Å². The number of sulfonamides is 1. The van der Waals surface area contributed by atoms with Gasteiger partial charge in [-0.15, -0.1) is 0 Å². The minimum atomic E-state index is -3.83. The summed E-state index contributed by atoms with van der Waals surface area (Å²) in [7, 11) is -2.43. The van der Waals surface area contributed by atoms with Crippen LogP contribution in [0.4, 0.5) is 5.69 Å². The van der Waals surface area contributed by atoms with Crippen LogP contribution in [0.25, 0.3) is 0 Å². The summed E-state index contributed by atoms with van der Waals surface area (Å²) < 4.78 is 31.2. The number of nitro groups is 1. The molecular formula is C13H14N2O5S. The standard InChI is InChI=1S/C13H14N2O5S/c1-10-5-6-11(15(16)17)8-13(10)21(18,19)14(2)9-12-4-3-7-20-12/h3-8H,9H2,1-2H3. The Bertz CT molecular complexity index is 753. The molecule has 0 aliphatic heterocycles. The molecule has 0 bridgehead atoms. The second kappa shape index (κ2) is 5.66. The van der Waals surface area contributed by atoms with Crippen LogP contribution in [0, 0.1) is 17.0 Å². The molecule has 112 valence electrons. The second-order valence-electron chi connectivity index (χ2n) is 4.55. The number of benzene rings is 1. The van der Waals surface area contributed by atoms with Gasteiger partial charge >= 0.3 is 0 Å². The average Bonchev–Trinajstić information content (AvgIpc) is 2.91. The van der Waals surface area contributed by atoms with Crippen molar-refractivity contribution in [1.29, 1.82) is 0 Å². The first-order valence-electron chi connectivity index (χ1n) is 6.06. The zero-order valence-electron chi connectivity index (χ0n) is 11.5. The van der Waals surface area contributed by atoms with Crippen LogP contribution in [-0.4, -0.2) is 24.7 Å². The molecule has 1 aromatic heterocycles. The molecule has 7 nitrogen and oxygen atoms in total. The zero-order valence-corrected chi connectivity index (χ0v) is 12.3. The third kappa shape index (κ3) is 3.11. The molecule has 1 heterocycles. The van der Waals surface area contributed by atoms with Crippen molar-refractivity contribution in [1.82, 2.24) is 4.31 Å². The van der Waals surface area contributed by atoms with Gasteiger partial charge in [-0.25, -0.2) is 8.42 Å². The van der Waals surface area contributed by atoms with E-state index in [1.54, 1.807) is 19.1 Å². The molecule has 8 heteroatoms. The first-order chi connectivity index (χ1) is 9.82. The minimum Gasteiger partial charge on any atom is -0.468 e. The van der Waals surface area contributed by atoms with E-state index >= 15 is 0 Å². The van der Waals surface area contributed by atoms with Crippen LogP contribution in [-0.2, 0) is 16.6 Å². The van der Waals surface area contributed by atoms with Crippen LogP contribution in [0.5, 0.6) is 0 Å². The molecule has 0 aliphatic carbocycles. The molecule has 21 heavy (non-hydrogen) atoms. The van der Waals surface area contributed by atoms with Gasteiger partial charge in [0.25, 0.3) is 5.69 Å². The highest BCUT2D eigenvalue weighted by atomic mass is 32.2. The lowest BCUT2D eigenvalue weighted by Crippen LogP contribution is -2.27. The molecule has 0 N–H and O–H groups in total. The maximum atomic E-state index is 12.5. The molecule has 0 saturated carbocycles. The lowest BCUT2D eigenvalue weighted by atomic mass is 10.2. The predicted molar refractivity (Wildman–Crippen MR) is 75.2 cm³/mol. The van der Waals surface area contributed by atoms with E-state index in [-0.39, 0.29) is 17.1 Å². The van der Waals surface area contributed by atoms with Crippen molar-refractivity contribution in [2.75, 3.05) is 7.05 Å². The van der Waals surface area contributed by atoms with Gasteiger partial charge in [0.1, 0.15) is 5.76 Å². The number of hydrogen-bond acceptors (Lipinski definition) is 5. The van der Waals surface area contributed by atoms with Gasteiger partial charge in [-0.3, -0.25) is 10.1 Å².